The van der Waals surface area contributed by atoms with E-state index in [2.05, 4.69) is 131 Å². The molecule has 4 nitrogen and oxygen atoms in total. The highest BCUT2D eigenvalue weighted by atomic mass is 32.1. The number of rotatable bonds is 3. The van der Waals surface area contributed by atoms with Crippen molar-refractivity contribution in [3.8, 4) is 11.1 Å². The molecule has 5 heteroatoms. The van der Waals surface area contributed by atoms with Crippen molar-refractivity contribution >= 4 is 65.1 Å². The van der Waals surface area contributed by atoms with Crippen LogP contribution >= 0.6 is 11.3 Å². The predicted octanol–water partition coefficient (Wildman–Crippen LogP) is 9.78. The summed E-state index contributed by atoms with van der Waals surface area (Å²) < 4.78 is 4.85. The maximum Gasteiger partial charge on any atom is 0.234 e. The van der Waals surface area contributed by atoms with Crippen molar-refractivity contribution in [2.24, 2.45) is 9.98 Å². The maximum absolute atomic E-state index is 5.19. The lowest BCUT2D eigenvalue weighted by molar-refractivity contribution is 0.668. The molecule has 1 N–H and O–H groups in total. The van der Waals surface area contributed by atoms with Crippen LogP contribution in [0.25, 0.3) is 53.1 Å². The molecular formula is C39H26N4S. The first-order valence-electron chi connectivity index (χ1n) is 14.8. The number of aliphatic imine (C=N–C) groups is 2. The summed E-state index contributed by atoms with van der Waals surface area (Å²) in [7, 11) is 0. The molecule has 0 fully saturated rings. The topological polar surface area (TPSA) is 41.7 Å². The summed E-state index contributed by atoms with van der Waals surface area (Å²) in [6.45, 7) is 0. The van der Waals surface area contributed by atoms with E-state index in [-0.39, 0.29) is 6.17 Å². The summed E-state index contributed by atoms with van der Waals surface area (Å²) >= 11 is 1.85. The Kier molecular flexibility index (Phi) is 5.71. The Bertz CT molecular complexity index is 2420. The van der Waals surface area contributed by atoms with Gasteiger partial charge in [-0.3, -0.25) is 4.57 Å². The summed E-state index contributed by atoms with van der Waals surface area (Å²) in [5.41, 5.74) is 6.70. The van der Waals surface area contributed by atoms with Gasteiger partial charge in [0.05, 0.1) is 11.0 Å². The lowest BCUT2D eigenvalue weighted by Gasteiger charge is -2.24. The van der Waals surface area contributed by atoms with Crippen LogP contribution < -0.4 is 5.32 Å². The van der Waals surface area contributed by atoms with Crippen LogP contribution in [-0.4, -0.2) is 16.4 Å². The number of amidine groups is 1. The maximum atomic E-state index is 5.19. The summed E-state index contributed by atoms with van der Waals surface area (Å²) in [6, 6.07) is 51.5. The van der Waals surface area contributed by atoms with Gasteiger partial charge in [0.2, 0.25) is 5.96 Å². The molecule has 1 aliphatic heterocycles. The number of hydrogen-bond donors (Lipinski definition) is 1. The van der Waals surface area contributed by atoms with Gasteiger partial charge in [-0.25, -0.2) is 4.99 Å². The van der Waals surface area contributed by atoms with Gasteiger partial charge < -0.3 is 5.32 Å². The van der Waals surface area contributed by atoms with Crippen LogP contribution in [0.5, 0.6) is 0 Å². The molecule has 8 aromatic rings. The summed E-state index contributed by atoms with van der Waals surface area (Å²) in [6.07, 6.45) is -0.262. The fraction of sp³-hybridized carbons (Fsp3) is 0.0256. The van der Waals surface area contributed by atoms with Crippen molar-refractivity contribution in [1.29, 1.82) is 0 Å². The number of para-hydroxylation sites is 1. The molecule has 0 aliphatic carbocycles. The Morgan fingerprint density at radius 3 is 2.00 bits per heavy atom. The number of nitrogens with zero attached hydrogens (tertiary/aromatic N) is 3. The van der Waals surface area contributed by atoms with Gasteiger partial charge in [0.25, 0.3) is 0 Å². The van der Waals surface area contributed by atoms with E-state index in [1.807, 2.05) is 35.6 Å². The minimum Gasteiger partial charge on any atom is -0.344 e. The predicted molar refractivity (Wildman–Crippen MR) is 186 cm³/mol. The molecule has 0 saturated heterocycles. The number of nitrogens with one attached hydrogen (secondary N) is 1. The first-order valence-corrected chi connectivity index (χ1v) is 15.6. The molecule has 208 valence electrons. The molecule has 1 unspecified atom stereocenters. The molecule has 0 spiro atoms. The molecule has 2 aromatic heterocycles. The minimum absolute atomic E-state index is 0.262. The highest BCUT2D eigenvalue weighted by molar-refractivity contribution is 7.25. The third kappa shape index (κ3) is 4.05. The Hall–Kier alpha value is -5.52. The van der Waals surface area contributed by atoms with Crippen molar-refractivity contribution in [2.75, 3.05) is 0 Å². The van der Waals surface area contributed by atoms with Crippen LogP contribution in [0.2, 0.25) is 0 Å². The number of thiophene rings is 1. The Labute approximate surface area is 258 Å². The Morgan fingerprint density at radius 1 is 0.523 bits per heavy atom. The third-order valence-electron chi connectivity index (χ3n) is 8.47. The fourth-order valence-electron chi connectivity index (χ4n) is 6.36. The molecule has 3 heterocycles. The van der Waals surface area contributed by atoms with Crippen LogP contribution in [0.15, 0.2) is 156 Å². The van der Waals surface area contributed by atoms with E-state index in [0.717, 1.165) is 28.0 Å². The third-order valence-corrected chi connectivity index (χ3v) is 9.63. The largest absolute Gasteiger partial charge is 0.344 e. The van der Waals surface area contributed by atoms with E-state index in [9.17, 15) is 0 Å². The minimum atomic E-state index is -0.262. The van der Waals surface area contributed by atoms with Gasteiger partial charge in [-0.1, -0.05) is 109 Å². The van der Waals surface area contributed by atoms with E-state index in [4.69, 9.17) is 9.98 Å². The second kappa shape index (κ2) is 10.0. The SMILES string of the molecule is c1ccc(C2=NC(n3c4ccccc4c4cc(-c5ccc6sc7ccccc7c6c5)ccc43)=NC(c3ccccc3)N2)cc1. The Morgan fingerprint density at radius 2 is 1.16 bits per heavy atom. The molecule has 0 saturated carbocycles. The van der Waals surface area contributed by atoms with Gasteiger partial charge in [-0.05, 0) is 53.1 Å². The van der Waals surface area contributed by atoms with Gasteiger partial charge in [-0.15, -0.1) is 11.3 Å². The van der Waals surface area contributed by atoms with E-state index < -0.39 is 0 Å². The molecule has 6 aromatic carbocycles. The van der Waals surface area contributed by atoms with Gasteiger partial charge >= 0.3 is 0 Å². The van der Waals surface area contributed by atoms with Crippen molar-refractivity contribution < 1.29 is 0 Å². The summed E-state index contributed by atoms with van der Waals surface area (Å²) in [5.74, 6) is 1.48. The highest BCUT2D eigenvalue weighted by Gasteiger charge is 2.23. The molecule has 44 heavy (non-hydrogen) atoms. The fourth-order valence-corrected chi connectivity index (χ4v) is 7.44. The number of benzene rings is 6. The molecule has 0 bridgehead atoms. The normalized spacial score (nSPS) is 15.0. The van der Waals surface area contributed by atoms with Crippen molar-refractivity contribution in [3.05, 3.63) is 157 Å². The van der Waals surface area contributed by atoms with Crippen LogP contribution in [0.1, 0.15) is 17.3 Å². The summed E-state index contributed by atoms with van der Waals surface area (Å²) in [4.78, 5) is 10.3. The molecule has 9 rings (SSSR count). The average Bonchev–Trinajstić information content (AvgIpc) is 3.64. The first-order chi connectivity index (χ1) is 21.8. The molecular weight excluding hydrogens is 557 g/mol. The smallest absolute Gasteiger partial charge is 0.234 e. The quantitative estimate of drug-likeness (QED) is 0.221. The number of fused-ring (bicyclic) bond motifs is 6. The molecule has 0 radical (unpaired) electrons. The van der Waals surface area contributed by atoms with Gasteiger partial charge in [0, 0.05) is 36.5 Å². The second-order valence-electron chi connectivity index (χ2n) is 11.1. The van der Waals surface area contributed by atoms with E-state index in [0.29, 0.717) is 5.96 Å². The van der Waals surface area contributed by atoms with Crippen LogP contribution in [0.3, 0.4) is 0 Å². The van der Waals surface area contributed by atoms with Gasteiger partial charge in [0.1, 0.15) is 12.0 Å². The zero-order valence-electron chi connectivity index (χ0n) is 23.7. The zero-order chi connectivity index (χ0) is 29.0. The lowest BCUT2D eigenvalue weighted by atomic mass is 10.0. The van der Waals surface area contributed by atoms with Crippen molar-refractivity contribution in [1.82, 2.24) is 9.88 Å². The van der Waals surface area contributed by atoms with Gasteiger partial charge in [0.15, 0.2) is 0 Å². The summed E-state index contributed by atoms with van der Waals surface area (Å²) in [5, 5.41) is 8.57. The standard InChI is InChI=1S/C39H26N4S/c1-3-11-25(12-4-1)37-40-38(26-13-5-2-6-14-26)42-39(41-37)43-33-17-9-7-15-29(33)31-23-27(19-21-34(31)43)28-20-22-36-32(24-28)30-16-8-10-18-35(30)44-36/h1-24,37H,(H,40,41,42). The zero-order valence-corrected chi connectivity index (χ0v) is 24.5. The van der Waals surface area contributed by atoms with E-state index >= 15 is 0 Å². The van der Waals surface area contributed by atoms with Crippen molar-refractivity contribution in [3.63, 3.8) is 0 Å². The lowest BCUT2D eigenvalue weighted by Crippen LogP contribution is -2.35. The highest BCUT2D eigenvalue weighted by Crippen LogP contribution is 2.38. The molecule has 1 aliphatic rings. The van der Waals surface area contributed by atoms with Crippen LogP contribution in [-0.2, 0) is 0 Å². The van der Waals surface area contributed by atoms with Crippen LogP contribution in [0, 0.1) is 0 Å². The van der Waals surface area contributed by atoms with Crippen LogP contribution in [0.4, 0.5) is 0 Å². The van der Waals surface area contributed by atoms with E-state index in [1.165, 1.54) is 42.1 Å². The molecule has 1 atom stereocenters. The molecule has 0 amide bonds. The monoisotopic (exact) mass is 582 g/mol. The Balaban J connectivity index is 1.24. The van der Waals surface area contributed by atoms with E-state index in [1.54, 1.807) is 0 Å². The van der Waals surface area contributed by atoms with Crippen molar-refractivity contribution in [2.45, 2.75) is 6.17 Å². The number of hydrogen-bond acceptors (Lipinski definition) is 4. The second-order valence-corrected chi connectivity index (χ2v) is 12.2. The van der Waals surface area contributed by atoms with Gasteiger partial charge in [-0.2, -0.15) is 4.99 Å². The average molecular weight is 583 g/mol. The number of aromatic nitrogens is 1. The first kappa shape index (κ1) is 25.0.